The molecule has 5 atom stereocenters. The molecule has 1 aliphatic carbocycles. The molecule has 2 fully saturated rings. The number of fused-ring (bicyclic) bond motifs is 1. The molecule has 3 aromatic rings. The van der Waals surface area contributed by atoms with Gasteiger partial charge in [0, 0.05) is 35.6 Å². The van der Waals surface area contributed by atoms with Crippen molar-refractivity contribution in [3.05, 3.63) is 40.7 Å². The van der Waals surface area contributed by atoms with Crippen LogP contribution in [0.2, 0.25) is 0 Å². The summed E-state index contributed by atoms with van der Waals surface area (Å²) in [5.74, 6) is -2.90. The lowest BCUT2D eigenvalue weighted by Gasteiger charge is -2.35. The van der Waals surface area contributed by atoms with Crippen LogP contribution in [0.5, 0.6) is 11.5 Å². The number of hydrogen-bond acceptors (Lipinski definition) is 11. The van der Waals surface area contributed by atoms with Crippen molar-refractivity contribution < 1.29 is 56.5 Å². The molecule has 2 aliphatic rings. The average Bonchev–Trinajstić information content (AvgIpc) is 3.41. The quantitative estimate of drug-likeness (QED) is 0.137. The highest BCUT2D eigenvalue weighted by atomic mass is 79.9. The summed E-state index contributed by atoms with van der Waals surface area (Å²) in [6, 6.07) is 2.32. The number of hydrogen-bond donors (Lipinski definition) is 4. The van der Waals surface area contributed by atoms with Gasteiger partial charge >= 0.3 is 18.2 Å². The SMILES string of the molecule is C=C[C@@H]1C[C@]1(NC(=O)[C@@H]1C[C@@H](Oc2cc(-c3csc(NC(=O)CC)n3)nc3c(Br)c(OC)ccc23)CN1C(=O)[C@@H](NC(=O)OCCC(F)(F)F)C(C)(C)C)C(=O)O. The molecule has 0 unspecified atom stereocenters. The Hall–Kier alpha value is -4.98. The Balaban J connectivity index is 1.50. The maximum absolute atomic E-state index is 14.4. The van der Waals surface area contributed by atoms with E-state index in [1.165, 1.54) is 29.4 Å². The molecule has 0 spiro atoms. The number of aliphatic carboxylic acids is 1. The van der Waals surface area contributed by atoms with Crippen molar-refractivity contribution in [2.45, 2.75) is 83.3 Å². The summed E-state index contributed by atoms with van der Waals surface area (Å²) in [6.07, 6.45) is -6.52. The summed E-state index contributed by atoms with van der Waals surface area (Å²) in [5, 5.41) is 20.3. The van der Waals surface area contributed by atoms with Gasteiger partial charge in [0.1, 0.15) is 47.5 Å². The van der Waals surface area contributed by atoms with E-state index in [9.17, 15) is 42.3 Å². The number of alkyl halides is 3. The van der Waals surface area contributed by atoms with Gasteiger partial charge in [-0.15, -0.1) is 17.9 Å². The number of benzene rings is 1. The molecule has 1 aromatic carbocycles. The third-order valence-corrected chi connectivity index (χ3v) is 11.1. The van der Waals surface area contributed by atoms with Crippen LogP contribution in [0.15, 0.2) is 40.7 Å². The van der Waals surface area contributed by atoms with Gasteiger partial charge in [-0.1, -0.05) is 33.8 Å². The molecular formula is C37H42BrF3N6O9S. The molecule has 57 heavy (non-hydrogen) atoms. The largest absolute Gasteiger partial charge is 0.495 e. The summed E-state index contributed by atoms with van der Waals surface area (Å²) >= 11 is 4.75. The van der Waals surface area contributed by atoms with Crippen LogP contribution in [0.4, 0.5) is 23.1 Å². The Bertz CT molecular complexity index is 2080. The number of carbonyl (C=O) groups is 5. The van der Waals surface area contributed by atoms with E-state index in [2.05, 4.69) is 43.4 Å². The van der Waals surface area contributed by atoms with Gasteiger partial charge in [-0.05, 0) is 39.9 Å². The van der Waals surface area contributed by atoms with Gasteiger partial charge in [-0.25, -0.2) is 19.6 Å². The zero-order valence-corrected chi connectivity index (χ0v) is 34.0. The molecular weight excluding hydrogens is 841 g/mol. The lowest BCUT2D eigenvalue weighted by Crippen LogP contribution is -2.59. The number of halogens is 4. The monoisotopic (exact) mass is 882 g/mol. The minimum absolute atomic E-state index is 0.0820. The highest BCUT2D eigenvalue weighted by Crippen LogP contribution is 2.45. The first-order valence-corrected chi connectivity index (χ1v) is 19.5. The number of aromatic nitrogens is 2. The van der Waals surface area contributed by atoms with Gasteiger partial charge in [0.05, 0.1) is 35.8 Å². The molecule has 308 valence electrons. The van der Waals surface area contributed by atoms with Crippen molar-refractivity contribution in [3.8, 4) is 22.9 Å². The summed E-state index contributed by atoms with van der Waals surface area (Å²) in [5.41, 5.74) is -1.50. The molecule has 1 saturated carbocycles. The van der Waals surface area contributed by atoms with E-state index in [-0.39, 0.29) is 37.5 Å². The summed E-state index contributed by atoms with van der Waals surface area (Å²) < 4.78 is 55.5. The van der Waals surface area contributed by atoms with E-state index in [1.807, 2.05) is 0 Å². The molecule has 15 nitrogen and oxygen atoms in total. The first kappa shape index (κ1) is 43.1. The fourth-order valence-corrected chi connectivity index (χ4v) is 7.68. The van der Waals surface area contributed by atoms with E-state index < -0.39 is 78.1 Å². The van der Waals surface area contributed by atoms with Crippen molar-refractivity contribution in [2.75, 3.05) is 25.6 Å². The molecule has 0 radical (unpaired) electrons. The standard InChI is InChI=1S/C37H42BrF3N6O9S/c1-7-18-15-36(18,32(51)52)46-30(49)23-13-19(16-47(23)31(50)29(35(3,4)5)45-34(53)55-12-11-37(39,40)41)56-25-14-21(22-17-57-33(43-22)44-26(48)8-2)42-28-20(25)9-10-24(54-6)27(28)38/h7,9-10,14,17-19,23,29H,1,8,11-13,15-16H2,2-6H3,(H,45,53)(H,46,49)(H,51,52)(H,43,44,48)/t18-,19-,23+,29-,36-/m1/s1. The third-order valence-electron chi connectivity index (χ3n) is 9.56. The summed E-state index contributed by atoms with van der Waals surface area (Å²) in [7, 11) is 1.49. The van der Waals surface area contributed by atoms with Gasteiger partial charge in [0.2, 0.25) is 17.7 Å². The number of thiazole rings is 1. The second-order valence-corrected chi connectivity index (χ2v) is 16.3. The number of amides is 4. The Kier molecular flexibility index (Phi) is 12.8. The van der Waals surface area contributed by atoms with Crippen molar-refractivity contribution in [1.82, 2.24) is 25.5 Å². The fraction of sp³-hybridized carbons (Fsp3) is 0.486. The third kappa shape index (κ3) is 9.77. The first-order chi connectivity index (χ1) is 26.7. The van der Waals surface area contributed by atoms with Crippen LogP contribution in [0.25, 0.3) is 22.3 Å². The van der Waals surface area contributed by atoms with Gasteiger partial charge in [-0.3, -0.25) is 14.4 Å². The smallest absolute Gasteiger partial charge is 0.407 e. The van der Waals surface area contributed by atoms with Crippen molar-refractivity contribution in [3.63, 3.8) is 0 Å². The van der Waals surface area contributed by atoms with Crippen molar-refractivity contribution >= 4 is 73.1 Å². The van der Waals surface area contributed by atoms with Crippen LogP contribution in [0.1, 0.15) is 53.4 Å². The Morgan fingerprint density at radius 3 is 2.47 bits per heavy atom. The lowest BCUT2D eigenvalue weighted by atomic mass is 9.85. The number of nitrogens with zero attached hydrogens (tertiary/aromatic N) is 3. The molecule has 3 heterocycles. The number of anilines is 1. The van der Waals surface area contributed by atoms with E-state index in [1.54, 1.807) is 51.3 Å². The highest BCUT2D eigenvalue weighted by Gasteiger charge is 2.61. The number of likely N-dealkylation sites (tertiary alicyclic amines) is 1. The summed E-state index contributed by atoms with van der Waals surface area (Å²) in [6.45, 7) is 8.99. The molecule has 4 N–H and O–H groups in total. The van der Waals surface area contributed by atoms with Crippen LogP contribution >= 0.6 is 27.3 Å². The fourth-order valence-electron chi connectivity index (χ4n) is 6.36. The second-order valence-electron chi connectivity index (χ2n) is 14.7. The van der Waals surface area contributed by atoms with E-state index in [4.69, 9.17) is 19.2 Å². The minimum Gasteiger partial charge on any atom is -0.495 e. The Morgan fingerprint density at radius 1 is 1.16 bits per heavy atom. The Morgan fingerprint density at radius 2 is 1.88 bits per heavy atom. The van der Waals surface area contributed by atoms with E-state index >= 15 is 0 Å². The predicted molar refractivity (Wildman–Crippen MR) is 206 cm³/mol. The molecule has 1 aliphatic heterocycles. The number of carboxylic acids is 1. The van der Waals surface area contributed by atoms with Crippen molar-refractivity contribution in [1.29, 1.82) is 0 Å². The number of methoxy groups -OCH3 is 1. The first-order valence-electron chi connectivity index (χ1n) is 17.8. The predicted octanol–water partition coefficient (Wildman–Crippen LogP) is 6.07. The number of rotatable bonds is 14. The number of alkyl carbamates (subject to hydrolysis) is 1. The maximum atomic E-state index is 14.4. The maximum Gasteiger partial charge on any atom is 0.407 e. The molecule has 2 aromatic heterocycles. The summed E-state index contributed by atoms with van der Waals surface area (Å²) in [4.78, 5) is 76.0. The normalized spacial score (nSPS) is 21.0. The van der Waals surface area contributed by atoms with E-state index in [0.29, 0.717) is 37.6 Å². The molecule has 20 heteroatoms. The highest BCUT2D eigenvalue weighted by molar-refractivity contribution is 9.10. The van der Waals surface area contributed by atoms with Gasteiger partial charge in [0.15, 0.2) is 5.13 Å². The zero-order chi connectivity index (χ0) is 42.0. The van der Waals surface area contributed by atoms with Crippen LogP contribution < -0.4 is 25.4 Å². The van der Waals surface area contributed by atoms with Gasteiger partial charge < -0.3 is 40.2 Å². The second kappa shape index (κ2) is 16.9. The number of carbonyl (C=O) groups excluding carboxylic acids is 4. The van der Waals surface area contributed by atoms with E-state index in [0.717, 1.165) is 0 Å². The van der Waals surface area contributed by atoms with Crippen LogP contribution in [-0.4, -0.2) is 99.9 Å². The number of carboxylic acid groups (broad SMARTS) is 1. The van der Waals surface area contributed by atoms with Crippen LogP contribution in [0.3, 0.4) is 0 Å². The minimum atomic E-state index is -4.58. The lowest BCUT2D eigenvalue weighted by molar-refractivity contribution is -0.146. The number of nitrogens with one attached hydrogen (secondary N) is 3. The zero-order valence-electron chi connectivity index (χ0n) is 31.6. The number of ether oxygens (including phenoxy) is 3. The van der Waals surface area contributed by atoms with Crippen molar-refractivity contribution in [2.24, 2.45) is 11.3 Å². The topological polar surface area (TPSA) is 198 Å². The van der Waals surface area contributed by atoms with Gasteiger partial charge in [-0.2, -0.15) is 13.2 Å². The molecule has 5 rings (SSSR count). The van der Waals surface area contributed by atoms with Crippen LogP contribution in [0, 0.1) is 11.3 Å². The van der Waals surface area contributed by atoms with Gasteiger partial charge in [0.25, 0.3) is 0 Å². The molecule has 4 amide bonds. The molecule has 0 bridgehead atoms. The number of pyridine rings is 1. The Labute approximate surface area is 337 Å². The average molecular weight is 884 g/mol. The van der Waals surface area contributed by atoms with Crippen LogP contribution in [-0.2, 0) is 23.9 Å². The molecule has 1 saturated heterocycles.